The monoisotopic (exact) mass is 331 g/mol. The van der Waals surface area contributed by atoms with Crippen molar-refractivity contribution >= 4 is 31.3 Å². The van der Waals surface area contributed by atoms with Crippen molar-refractivity contribution < 1.29 is 8.42 Å². The Hall–Kier alpha value is -1.11. The quantitative estimate of drug-likeness (QED) is 0.810. The van der Waals surface area contributed by atoms with Crippen LogP contribution in [0.15, 0.2) is 23.4 Å². The number of hydrogen-bond donors (Lipinski definition) is 0. The fourth-order valence-electron chi connectivity index (χ4n) is 2.03. The normalized spacial score (nSPS) is 15.6. The van der Waals surface area contributed by atoms with Gasteiger partial charge in [-0.1, -0.05) is 23.7 Å². The summed E-state index contributed by atoms with van der Waals surface area (Å²) in [5.41, 5.74) is 1.67. The molecule has 0 amide bonds. The molecule has 1 heterocycles. The van der Waals surface area contributed by atoms with Gasteiger partial charge in [0.2, 0.25) is 0 Å². The zero-order valence-electron chi connectivity index (χ0n) is 10.5. The summed E-state index contributed by atoms with van der Waals surface area (Å²) in [5.74, 6) is 0.480. The summed E-state index contributed by atoms with van der Waals surface area (Å²) in [7, 11) is 1.50. The van der Waals surface area contributed by atoms with Gasteiger partial charge in [-0.05, 0) is 31.4 Å². The number of aryl methyl sites for hydroxylation is 1. The first-order valence-electron chi connectivity index (χ1n) is 6.04. The van der Waals surface area contributed by atoms with Crippen LogP contribution in [0.3, 0.4) is 0 Å². The van der Waals surface area contributed by atoms with Crippen LogP contribution in [-0.4, -0.2) is 23.2 Å². The van der Waals surface area contributed by atoms with Gasteiger partial charge in [-0.2, -0.15) is 0 Å². The summed E-state index contributed by atoms with van der Waals surface area (Å²) < 4.78 is 24.7. The van der Waals surface area contributed by atoms with Crippen LogP contribution >= 0.6 is 22.3 Å². The molecule has 2 aromatic rings. The standard InChI is InChI=1S/C12H11Cl2N3O2S/c1-7-2-3-8(6-10(7)13)11-15-16-12(20(14,18)19)17(11)9-4-5-9/h2-3,6,9H,4-5H2,1H3. The molecule has 106 valence electrons. The van der Waals surface area contributed by atoms with E-state index in [9.17, 15) is 8.42 Å². The molecule has 0 radical (unpaired) electrons. The highest BCUT2D eigenvalue weighted by molar-refractivity contribution is 8.13. The van der Waals surface area contributed by atoms with E-state index in [2.05, 4.69) is 10.2 Å². The van der Waals surface area contributed by atoms with Gasteiger partial charge < -0.3 is 0 Å². The van der Waals surface area contributed by atoms with E-state index in [-0.39, 0.29) is 11.2 Å². The Balaban J connectivity index is 2.19. The van der Waals surface area contributed by atoms with E-state index in [1.165, 1.54) is 0 Å². The Morgan fingerprint density at radius 2 is 2.00 bits per heavy atom. The number of rotatable bonds is 3. The number of halogens is 2. The zero-order chi connectivity index (χ0) is 14.5. The first kappa shape index (κ1) is 13.9. The van der Waals surface area contributed by atoms with Crippen molar-refractivity contribution in [2.75, 3.05) is 0 Å². The van der Waals surface area contributed by atoms with Gasteiger partial charge in [0.05, 0.1) is 0 Å². The van der Waals surface area contributed by atoms with E-state index in [1.54, 1.807) is 10.6 Å². The summed E-state index contributed by atoms with van der Waals surface area (Å²) in [5, 5.41) is 8.10. The molecule has 5 nitrogen and oxygen atoms in total. The molecule has 1 aliphatic rings. The minimum atomic E-state index is -3.92. The molecular formula is C12H11Cl2N3O2S. The molecule has 1 saturated carbocycles. The van der Waals surface area contributed by atoms with Crippen LogP contribution in [0.1, 0.15) is 24.4 Å². The van der Waals surface area contributed by atoms with Crippen molar-refractivity contribution in [1.82, 2.24) is 14.8 Å². The predicted octanol–water partition coefficient (Wildman–Crippen LogP) is 3.17. The molecule has 0 saturated heterocycles. The van der Waals surface area contributed by atoms with Crippen LogP contribution in [0.25, 0.3) is 11.4 Å². The first-order chi connectivity index (χ1) is 9.38. The van der Waals surface area contributed by atoms with E-state index >= 15 is 0 Å². The van der Waals surface area contributed by atoms with Crippen molar-refractivity contribution in [2.45, 2.75) is 31.0 Å². The van der Waals surface area contributed by atoms with Crippen molar-refractivity contribution in [2.24, 2.45) is 0 Å². The lowest BCUT2D eigenvalue weighted by Gasteiger charge is -2.08. The minimum Gasteiger partial charge on any atom is -0.294 e. The minimum absolute atomic E-state index is 0.0867. The molecule has 1 aliphatic carbocycles. The van der Waals surface area contributed by atoms with Crippen molar-refractivity contribution in [3.8, 4) is 11.4 Å². The van der Waals surface area contributed by atoms with E-state index in [4.69, 9.17) is 22.3 Å². The van der Waals surface area contributed by atoms with Crippen molar-refractivity contribution in [1.29, 1.82) is 0 Å². The molecule has 0 N–H and O–H groups in total. The van der Waals surface area contributed by atoms with Crippen molar-refractivity contribution in [3.63, 3.8) is 0 Å². The Bertz CT molecular complexity index is 782. The SMILES string of the molecule is Cc1ccc(-c2nnc(S(=O)(=O)Cl)n2C2CC2)cc1Cl. The fourth-order valence-corrected chi connectivity index (χ4v) is 3.14. The highest BCUT2D eigenvalue weighted by Crippen LogP contribution is 2.40. The summed E-state index contributed by atoms with van der Waals surface area (Å²) in [6.07, 6.45) is 1.79. The zero-order valence-corrected chi connectivity index (χ0v) is 12.9. The van der Waals surface area contributed by atoms with Gasteiger partial charge in [0.25, 0.3) is 14.2 Å². The van der Waals surface area contributed by atoms with Crippen LogP contribution in [-0.2, 0) is 9.05 Å². The molecule has 0 spiro atoms. The number of benzene rings is 1. The lowest BCUT2D eigenvalue weighted by molar-refractivity contribution is 0.579. The molecule has 1 aromatic heterocycles. The Labute approximate surface area is 126 Å². The second-order valence-electron chi connectivity index (χ2n) is 4.81. The number of nitrogens with zero attached hydrogens (tertiary/aromatic N) is 3. The summed E-state index contributed by atoms with van der Waals surface area (Å²) in [6, 6.07) is 5.54. The van der Waals surface area contributed by atoms with E-state index in [1.807, 2.05) is 19.1 Å². The fraction of sp³-hybridized carbons (Fsp3) is 0.333. The van der Waals surface area contributed by atoms with Gasteiger partial charge in [0.1, 0.15) is 0 Å². The van der Waals surface area contributed by atoms with Crippen LogP contribution < -0.4 is 0 Å². The van der Waals surface area contributed by atoms with Crippen molar-refractivity contribution in [3.05, 3.63) is 28.8 Å². The van der Waals surface area contributed by atoms with E-state index in [0.29, 0.717) is 10.8 Å². The molecule has 0 unspecified atom stereocenters. The summed E-state index contributed by atoms with van der Waals surface area (Å²) >= 11 is 6.11. The molecule has 0 aliphatic heterocycles. The van der Waals surface area contributed by atoms with Crippen LogP contribution in [0.2, 0.25) is 5.02 Å². The molecule has 0 bridgehead atoms. The smallest absolute Gasteiger partial charge is 0.294 e. The van der Waals surface area contributed by atoms with Gasteiger partial charge in [0, 0.05) is 27.3 Å². The second-order valence-corrected chi connectivity index (χ2v) is 7.68. The van der Waals surface area contributed by atoms with Gasteiger partial charge in [-0.3, -0.25) is 4.57 Å². The maximum Gasteiger partial charge on any atom is 0.296 e. The summed E-state index contributed by atoms with van der Waals surface area (Å²) in [6.45, 7) is 1.90. The Morgan fingerprint density at radius 3 is 2.55 bits per heavy atom. The number of hydrogen-bond acceptors (Lipinski definition) is 4. The third-order valence-electron chi connectivity index (χ3n) is 3.22. The van der Waals surface area contributed by atoms with Gasteiger partial charge in [-0.15, -0.1) is 10.2 Å². The molecule has 1 fully saturated rings. The van der Waals surface area contributed by atoms with Crippen LogP contribution in [0.5, 0.6) is 0 Å². The number of aromatic nitrogens is 3. The lowest BCUT2D eigenvalue weighted by Crippen LogP contribution is -2.06. The largest absolute Gasteiger partial charge is 0.296 e. The van der Waals surface area contributed by atoms with E-state index in [0.717, 1.165) is 24.0 Å². The molecule has 20 heavy (non-hydrogen) atoms. The lowest BCUT2D eigenvalue weighted by atomic mass is 10.1. The van der Waals surface area contributed by atoms with Crippen LogP contribution in [0.4, 0.5) is 0 Å². The average molecular weight is 332 g/mol. The molecular weight excluding hydrogens is 321 g/mol. The van der Waals surface area contributed by atoms with Gasteiger partial charge in [-0.25, -0.2) is 8.42 Å². The summed E-state index contributed by atoms with van der Waals surface area (Å²) in [4.78, 5) is 0. The third kappa shape index (κ3) is 2.43. The molecule has 1 aromatic carbocycles. The Morgan fingerprint density at radius 1 is 1.30 bits per heavy atom. The Kier molecular flexibility index (Phi) is 3.27. The highest BCUT2D eigenvalue weighted by Gasteiger charge is 2.34. The topological polar surface area (TPSA) is 64.8 Å². The predicted molar refractivity (Wildman–Crippen MR) is 76.5 cm³/mol. The molecule has 3 rings (SSSR count). The highest BCUT2D eigenvalue weighted by atomic mass is 35.7. The van der Waals surface area contributed by atoms with Crippen LogP contribution in [0, 0.1) is 6.92 Å². The molecule has 8 heteroatoms. The average Bonchev–Trinajstić information content (AvgIpc) is 3.10. The van der Waals surface area contributed by atoms with Gasteiger partial charge >= 0.3 is 0 Å². The third-order valence-corrected chi connectivity index (χ3v) is 4.76. The first-order valence-corrected chi connectivity index (χ1v) is 8.73. The van der Waals surface area contributed by atoms with E-state index < -0.39 is 9.05 Å². The van der Waals surface area contributed by atoms with Gasteiger partial charge in [0.15, 0.2) is 5.82 Å². The molecule has 0 atom stereocenters. The maximum absolute atomic E-state index is 11.6. The maximum atomic E-state index is 11.6. The second kappa shape index (κ2) is 4.72.